The van der Waals surface area contributed by atoms with Crippen molar-refractivity contribution < 1.29 is 31.9 Å². The zero-order chi connectivity index (χ0) is 39.2. The number of halogens is 2. The monoisotopic (exact) mass is 768 g/mol. The molecule has 0 radical (unpaired) electrons. The molecule has 4 saturated carbocycles. The van der Waals surface area contributed by atoms with Crippen LogP contribution in [0.1, 0.15) is 122 Å². The second-order valence-corrected chi connectivity index (χ2v) is 21.9. The van der Waals surface area contributed by atoms with Crippen LogP contribution in [0.3, 0.4) is 0 Å². The molecule has 0 spiro atoms. The highest BCUT2D eigenvalue weighted by Crippen LogP contribution is 2.77. The van der Waals surface area contributed by atoms with Crippen molar-refractivity contribution in [3.8, 4) is 0 Å². The first-order valence-electron chi connectivity index (χ1n) is 20.5. The van der Waals surface area contributed by atoms with Gasteiger partial charge in [-0.25, -0.2) is 22.0 Å². The van der Waals surface area contributed by atoms with Gasteiger partial charge in [-0.15, -0.1) is 0 Å². The molecule has 6 aliphatic rings. The van der Waals surface area contributed by atoms with Gasteiger partial charge in [0.25, 0.3) is 0 Å². The summed E-state index contributed by atoms with van der Waals surface area (Å²) in [6, 6.07) is 2.41. The van der Waals surface area contributed by atoms with Crippen molar-refractivity contribution in [3.63, 3.8) is 0 Å². The highest BCUT2D eigenvalue weighted by molar-refractivity contribution is 7.91. The van der Waals surface area contributed by atoms with E-state index in [1.54, 1.807) is 0 Å². The molecule has 1 aromatic carbocycles. The Labute approximate surface area is 321 Å². The van der Waals surface area contributed by atoms with E-state index in [0.29, 0.717) is 43.0 Å². The number of carbonyl (C=O) groups excluding carboxylic acids is 1. The minimum atomic E-state index is -2.92. The Morgan fingerprint density at radius 1 is 0.926 bits per heavy atom. The average Bonchev–Trinajstić information content (AvgIpc) is 3.48. The van der Waals surface area contributed by atoms with E-state index in [4.69, 9.17) is 0 Å². The minimum absolute atomic E-state index is 0.0278. The summed E-state index contributed by atoms with van der Waals surface area (Å²) < 4.78 is 53.7. The Morgan fingerprint density at radius 2 is 1.59 bits per heavy atom. The SMILES string of the molecule is C=C(C)C1CCC2(C(=O)NCCCN3CCS(=O)(=O)CC3)CCC3(C)C(CCC4C5(C)CC=C(c6cc(F)c(C(=O)O)c(F)c6)C(C)(C)C5CCC43C)C12. The first-order chi connectivity index (χ1) is 25.2. The number of nitrogens with one attached hydrogen (secondary N) is 1. The summed E-state index contributed by atoms with van der Waals surface area (Å²) in [6.07, 6.45) is 11.8. The molecule has 1 aliphatic heterocycles. The fourth-order valence-electron chi connectivity index (χ4n) is 14.2. The number of hydrogen-bond acceptors (Lipinski definition) is 5. The van der Waals surface area contributed by atoms with Crippen molar-refractivity contribution in [2.24, 2.45) is 56.7 Å². The Bertz CT molecular complexity index is 1840. The number of fused-ring (bicyclic) bond motifs is 7. The highest BCUT2D eigenvalue weighted by Gasteiger charge is 2.71. The number of carboxylic acids is 1. The minimum Gasteiger partial charge on any atom is -0.477 e. The van der Waals surface area contributed by atoms with Crippen LogP contribution in [0.4, 0.5) is 8.78 Å². The summed E-state index contributed by atoms with van der Waals surface area (Å²) in [5.74, 6) is -1.34. The summed E-state index contributed by atoms with van der Waals surface area (Å²) in [5.41, 5.74) is 0.903. The predicted octanol–water partition coefficient (Wildman–Crippen LogP) is 8.55. The third-order valence-electron chi connectivity index (χ3n) is 17.0. The Hall–Kier alpha value is -2.59. The molecule has 5 fully saturated rings. The fourth-order valence-corrected chi connectivity index (χ4v) is 15.5. The summed E-state index contributed by atoms with van der Waals surface area (Å²) >= 11 is 0. The van der Waals surface area contributed by atoms with Crippen molar-refractivity contribution in [3.05, 3.63) is 53.1 Å². The number of benzene rings is 1. The van der Waals surface area contributed by atoms with Crippen molar-refractivity contribution in [2.45, 2.75) is 106 Å². The van der Waals surface area contributed by atoms with Crippen LogP contribution >= 0.6 is 0 Å². The van der Waals surface area contributed by atoms with Gasteiger partial charge < -0.3 is 15.3 Å². The number of hydrogen-bond donors (Lipinski definition) is 2. The first-order valence-corrected chi connectivity index (χ1v) is 22.3. The van der Waals surface area contributed by atoms with Gasteiger partial charge in [0.1, 0.15) is 17.2 Å². The zero-order valence-corrected chi connectivity index (χ0v) is 34.1. The lowest BCUT2D eigenvalue weighted by Gasteiger charge is -2.72. The van der Waals surface area contributed by atoms with Crippen LogP contribution in [-0.4, -0.2) is 68.0 Å². The maximum atomic E-state index is 15.0. The fraction of sp³-hybridized carbons (Fsp3) is 0.727. The topological polar surface area (TPSA) is 104 Å². The van der Waals surface area contributed by atoms with Gasteiger partial charge in [0.05, 0.1) is 16.9 Å². The lowest BCUT2D eigenvalue weighted by Crippen LogP contribution is -2.66. The molecule has 2 N–H and O–H groups in total. The van der Waals surface area contributed by atoms with Gasteiger partial charge in [-0.1, -0.05) is 52.8 Å². The molecule has 298 valence electrons. The normalized spacial score (nSPS) is 39.6. The number of carboxylic acid groups (broad SMARTS) is 1. The molecule has 10 heteroatoms. The molecule has 1 heterocycles. The molecule has 1 amide bonds. The smallest absolute Gasteiger partial charge is 0.341 e. The second kappa shape index (κ2) is 13.5. The quantitative estimate of drug-likeness (QED) is 0.203. The number of nitrogens with zero attached hydrogens (tertiary/aromatic N) is 1. The summed E-state index contributed by atoms with van der Waals surface area (Å²) in [4.78, 5) is 28.2. The van der Waals surface area contributed by atoms with Crippen LogP contribution in [0.25, 0.3) is 5.57 Å². The van der Waals surface area contributed by atoms with Gasteiger partial charge in [-0.2, -0.15) is 0 Å². The van der Waals surface area contributed by atoms with Crippen LogP contribution in [0.5, 0.6) is 0 Å². The van der Waals surface area contributed by atoms with Gasteiger partial charge in [-0.05, 0) is 152 Å². The number of aromatic carboxylic acids is 1. The van der Waals surface area contributed by atoms with E-state index >= 15 is 0 Å². The molecule has 1 aromatic rings. The lowest BCUT2D eigenvalue weighted by molar-refractivity contribution is -0.225. The molecule has 54 heavy (non-hydrogen) atoms. The van der Waals surface area contributed by atoms with Crippen LogP contribution < -0.4 is 5.32 Å². The largest absolute Gasteiger partial charge is 0.477 e. The predicted molar refractivity (Wildman–Crippen MR) is 208 cm³/mol. The maximum Gasteiger partial charge on any atom is 0.341 e. The highest BCUT2D eigenvalue weighted by atomic mass is 32.2. The number of rotatable bonds is 8. The van der Waals surface area contributed by atoms with Gasteiger partial charge in [0.2, 0.25) is 5.91 Å². The third kappa shape index (κ3) is 5.96. The molecule has 9 atom stereocenters. The van der Waals surface area contributed by atoms with Crippen molar-refractivity contribution >= 4 is 27.3 Å². The van der Waals surface area contributed by atoms with Gasteiger partial charge in [0.15, 0.2) is 9.84 Å². The molecule has 9 unspecified atom stereocenters. The van der Waals surface area contributed by atoms with Crippen LogP contribution in [-0.2, 0) is 14.6 Å². The molecule has 1 saturated heterocycles. The summed E-state index contributed by atoms with van der Waals surface area (Å²) in [5, 5.41) is 12.8. The molecular formula is C44H62F2N2O5S. The Balaban J connectivity index is 1.13. The van der Waals surface area contributed by atoms with E-state index in [2.05, 4.69) is 64.4 Å². The summed E-state index contributed by atoms with van der Waals surface area (Å²) in [6.45, 7) is 21.2. The van der Waals surface area contributed by atoms with Crippen molar-refractivity contribution in [1.82, 2.24) is 10.2 Å². The zero-order valence-electron chi connectivity index (χ0n) is 33.3. The Morgan fingerprint density at radius 3 is 2.22 bits per heavy atom. The van der Waals surface area contributed by atoms with E-state index in [-0.39, 0.29) is 50.9 Å². The molecule has 5 aliphatic carbocycles. The van der Waals surface area contributed by atoms with Gasteiger partial charge >= 0.3 is 5.97 Å². The lowest BCUT2D eigenvalue weighted by atomic mass is 9.32. The molecule has 7 rings (SSSR count). The standard InChI is InChI=1S/C44H62F2N2O5S/c1-27(2)29-11-16-44(39(51)47-19-8-20-48-21-23-54(52,53)24-22-48)18-17-42(6)31(37(29)44)9-10-35-41(5)14-12-30(40(3,4)34(41)13-15-43(35,42)7)28-25-32(45)36(38(49)50)33(46)26-28/h12,25-26,29,31,34-35,37H,1,8-11,13-24H2,2-7H3,(H,47,51)(H,49,50). The van der Waals surface area contributed by atoms with Gasteiger partial charge in [0, 0.05) is 19.6 Å². The van der Waals surface area contributed by atoms with E-state index in [9.17, 15) is 31.9 Å². The number of carbonyl (C=O) groups is 2. The number of amides is 1. The van der Waals surface area contributed by atoms with E-state index in [1.807, 2.05) is 0 Å². The average molecular weight is 769 g/mol. The van der Waals surface area contributed by atoms with E-state index in [1.165, 1.54) is 17.7 Å². The van der Waals surface area contributed by atoms with Gasteiger partial charge in [-0.3, -0.25) is 4.79 Å². The Kier molecular flexibility index (Phi) is 9.92. The van der Waals surface area contributed by atoms with Crippen LogP contribution in [0.15, 0.2) is 30.4 Å². The molecule has 0 bridgehead atoms. The maximum absolute atomic E-state index is 15.0. The number of allylic oxidation sites excluding steroid dienone is 3. The third-order valence-corrected chi connectivity index (χ3v) is 18.6. The molecular weight excluding hydrogens is 707 g/mol. The first kappa shape index (κ1) is 39.6. The summed E-state index contributed by atoms with van der Waals surface area (Å²) in [7, 11) is -2.92. The van der Waals surface area contributed by atoms with Crippen LogP contribution in [0, 0.1) is 68.3 Å². The number of sulfone groups is 1. The second-order valence-electron chi connectivity index (χ2n) is 19.6. The van der Waals surface area contributed by atoms with Crippen LogP contribution in [0.2, 0.25) is 0 Å². The van der Waals surface area contributed by atoms with Crippen molar-refractivity contribution in [1.29, 1.82) is 0 Å². The molecule has 0 aromatic heterocycles. The van der Waals surface area contributed by atoms with Crippen molar-refractivity contribution in [2.75, 3.05) is 37.7 Å². The van der Waals surface area contributed by atoms with E-state index < -0.39 is 38.4 Å². The molecule has 7 nitrogen and oxygen atoms in total. The van der Waals surface area contributed by atoms with E-state index in [0.717, 1.165) is 76.3 Å².